The summed E-state index contributed by atoms with van der Waals surface area (Å²) in [6.07, 6.45) is 1.29. The van der Waals surface area contributed by atoms with Gasteiger partial charge in [-0.25, -0.2) is 4.98 Å². The van der Waals surface area contributed by atoms with Gasteiger partial charge in [-0.1, -0.05) is 11.6 Å². The van der Waals surface area contributed by atoms with E-state index in [2.05, 4.69) is 20.6 Å². The van der Waals surface area contributed by atoms with E-state index >= 15 is 0 Å². The fourth-order valence-corrected chi connectivity index (χ4v) is 2.36. The molecule has 0 aliphatic rings. The van der Waals surface area contributed by atoms with Gasteiger partial charge in [-0.3, -0.25) is 9.59 Å². The number of ether oxygens (including phenoxy) is 1. The number of anilines is 2. The molecule has 1 aromatic heterocycles. The Labute approximate surface area is 154 Å². The molecule has 2 amide bonds. The number of H-pyrrole nitrogens is 1. The van der Waals surface area contributed by atoms with Crippen molar-refractivity contribution in [3.63, 3.8) is 0 Å². The molecule has 26 heavy (non-hydrogen) atoms. The van der Waals surface area contributed by atoms with Crippen LogP contribution in [0.4, 0.5) is 11.4 Å². The number of nitrogens with one attached hydrogen (secondary N) is 3. The fraction of sp³-hybridized carbons (Fsp3) is 0.0556. The van der Waals surface area contributed by atoms with Crippen molar-refractivity contribution in [3.05, 3.63) is 71.3 Å². The van der Waals surface area contributed by atoms with Crippen molar-refractivity contribution in [1.29, 1.82) is 0 Å². The Morgan fingerprint density at radius 2 is 1.54 bits per heavy atom. The summed E-state index contributed by atoms with van der Waals surface area (Å²) in [5.41, 5.74) is 1.16. The molecule has 132 valence electrons. The number of aromatic nitrogens is 2. The Morgan fingerprint density at radius 1 is 0.962 bits per heavy atom. The van der Waals surface area contributed by atoms with Gasteiger partial charge in [0.25, 0.3) is 11.8 Å². The Kier molecular flexibility index (Phi) is 5.19. The van der Waals surface area contributed by atoms with Gasteiger partial charge in [0, 0.05) is 16.4 Å². The zero-order valence-corrected chi connectivity index (χ0v) is 14.5. The van der Waals surface area contributed by atoms with Gasteiger partial charge >= 0.3 is 0 Å². The van der Waals surface area contributed by atoms with Crippen LogP contribution in [0.3, 0.4) is 0 Å². The third-order valence-corrected chi connectivity index (χ3v) is 3.78. The van der Waals surface area contributed by atoms with Gasteiger partial charge in [-0.2, -0.15) is 0 Å². The molecule has 0 radical (unpaired) electrons. The zero-order chi connectivity index (χ0) is 18.5. The predicted molar refractivity (Wildman–Crippen MR) is 98.9 cm³/mol. The van der Waals surface area contributed by atoms with E-state index in [1.807, 2.05) is 0 Å². The summed E-state index contributed by atoms with van der Waals surface area (Å²) < 4.78 is 5.07. The number of imidazole rings is 1. The second kappa shape index (κ2) is 7.71. The van der Waals surface area contributed by atoms with Gasteiger partial charge in [-0.15, -0.1) is 0 Å². The van der Waals surface area contributed by atoms with Crippen molar-refractivity contribution in [3.8, 4) is 5.75 Å². The highest BCUT2D eigenvalue weighted by Gasteiger charge is 2.20. The number of nitrogens with zero attached hydrogens (tertiary/aromatic N) is 1. The van der Waals surface area contributed by atoms with Crippen molar-refractivity contribution < 1.29 is 14.3 Å². The molecule has 0 spiro atoms. The van der Waals surface area contributed by atoms with Crippen molar-refractivity contribution in [2.45, 2.75) is 0 Å². The van der Waals surface area contributed by atoms with Crippen LogP contribution in [0.5, 0.6) is 5.75 Å². The molecule has 0 bridgehead atoms. The number of aromatic amines is 1. The highest BCUT2D eigenvalue weighted by molar-refractivity contribution is 6.30. The molecular formula is C18H15ClN4O3. The first-order chi connectivity index (χ1) is 12.6. The molecule has 8 heteroatoms. The van der Waals surface area contributed by atoms with Gasteiger partial charge in [0.05, 0.1) is 13.4 Å². The number of methoxy groups -OCH3 is 1. The lowest BCUT2D eigenvalue weighted by molar-refractivity contribution is 0.0985. The summed E-state index contributed by atoms with van der Waals surface area (Å²) in [5.74, 6) is -0.312. The number of halogens is 1. The number of rotatable bonds is 5. The highest BCUT2D eigenvalue weighted by Crippen LogP contribution is 2.17. The maximum atomic E-state index is 12.4. The molecule has 2 aromatic carbocycles. The summed E-state index contributed by atoms with van der Waals surface area (Å²) in [4.78, 5) is 31.5. The second-order valence-electron chi connectivity index (χ2n) is 5.27. The van der Waals surface area contributed by atoms with E-state index in [1.165, 1.54) is 6.33 Å². The lowest BCUT2D eigenvalue weighted by Gasteiger charge is -2.07. The molecule has 3 rings (SSSR count). The van der Waals surface area contributed by atoms with Gasteiger partial charge in [-0.05, 0) is 48.5 Å². The van der Waals surface area contributed by atoms with E-state index in [0.29, 0.717) is 22.1 Å². The third-order valence-electron chi connectivity index (χ3n) is 3.53. The number of hydrogen-bond acceptors (Lipinski definition) is 4. The topological polar surface area (TPSA) is 96.1 Å². The summed E-state index contributed by atoms with van der Waals surface area (Å²) in [7, 11) is 1.56. The Hall–Kier alpha value is -3.32. The van der Waals surface area contributed by atoms with Crippen molar-refractivity contribution in [1.82, 2.24) is 9.97 Å². The molecule has 0 saturated heterocycles. The molecule has 7 nitrogen and oxygen atoms in total. The van der Waals surface area contributed by atoms with Crippen LogP contribution in [0.25, 0.3) is 0 Å². The normalized spacial score (nSPS) is 10.2. The zero-order valence-electron chi connectivity index (χ0n) is 13.7. The van der Waals surface area contributed by atoms with E-state index in [1.54, 1.807) is 55.6 Å². The second-order valence-corrected chi connectivity index (χ2v) is 5.71. The molecule has 3 aromatic rings. The van der Waals surface area contributed by atoms with Crippen LogP contribution in [-0.2, 0) is 0 Å². The van der Waals surface area contributed by atoms with Crippen LogP contribution in [0.2, 0.25) is 5.02 Å². The number of carbonyl (C=O) groups excluding carboxylic acids is 2. The van der Waals surface area contributed by atoms with E-state index < -0.39 is 11.8 Å². The summed E-state index contributed by atoms with van der Waals surface area (Å²) >= 11 is 5.82. The van der Waals surface area contributed by atoms with Crippen LogP contribution in [-0.4, -0.2) is 28.9 Å². The Bertz CT molecular complexity index is 920. The monoisotopic (exact) mass is 370 g/mol. The van der Waals surface area contributed by atoms with Crippen LogP contribution in [0, 0.1) is 0 Å². The molecule has 0 fully saturated rings. The fourth-order valence-electron chi connectivity index (χ4n) is 2.23. The van der Waals surface area contributed by atoms with Gasteiger partial charge in [0.2, 0.25) is 0 Å². The minimum Gasteiger partial charge on any atom is -0.497 e. The summed E-state index contributed by atoms with van der Waals surface area (Å²) in [6, 6.07) is 13.4. The largest absolute Gasteiger partial charge is 0.497 e. The molecule has 0 atom stereocenters. The molecule has 0 aliphatic heterocycles. The van der Waals surface area contributed by atoms with E-state index in [-0.39, 0.29) is 11.4 Å². The maximum absolute atomic E-state index is 12.4. The average molecular weight is 371 g/mol. The van der Waals surface area contributed by atoms with E-state index in [0.717, 1.165) is 0 Å². The lowest BCUT2D eigenvalue weighted by Crippen LogP contribution is -2.20. The minimum atomic E-state index is -0.502. The van der Waals surface area contributed by atoms with Crippen molar-refractivity contribution in [2.24, 2.45) is 0 Å². The molecule has 0 unspecified atom stereocenters. The first kappa shape index (κ1) is 17.5. The first-order valence-corrected chi connectivity index (χ1v) is 8.00. The average Bonchev–Trinajstić information content (AvgIpc) is 3.14. The SMILES string of the molecule is COc1ccc(NC(=O)c2nc[nH]c2C(=O)Nc2ccc(Cl)cc2)cc1. The van der Waals surface area contributed by atoms with Crippen LogP contribution in [0.1, 0.15) is 21.0 Å². The van der Waals surface area contributed by atoms with Crippen LogP contribution >= 0.6 is 11.6 Å². The Morgan fingerprint density at radius 3 is 2.15 bits per heavy atom. The molecular weight excluding hydrogens is 356 g/mol. The molecule has 0 saturated carbocycles. The van der Waals surface area contributed by atoms with Gasteiger partial charge in [0.15, 0.2) is 5.69 Å². The van der Waals surface area contributed by atoms with Gasteiger partial charge in [0.1, 0.15) is 11.4 Å². The van der Waals surface area contributed by atoms with E-state index in [9.17, 15) is 9.59 Å². The first-order valence-electron chi connectivity index (χ1n) is 7.62. The highest BCUT2D eigenvalue weighted by atomic mass is 35.5. The van der Waals surface area contributed by atoms with E-state index in [4.69, 9.17) is 16.3 Å². The smallest absolute Gasteiger partial charge is 0.276 e. The molecule has 3 N–H and O–H groups in total. The van der Waals surface area contributed by atoms with Crippen molar-refractivity contribution in [2.75, 3.05) is 17.7 Å². The maximum Gasteiger partial charge on any atom is 0.276 e. The minimum absolute atomic E-state index is 0.00715. The number of amides is 2. The predicted octanol–water partition coefficient (Wildman–Crippen LogP) is 3.58. The summed E-state index contributed by atoms with van der Waals surface area (Å²) in [5, 5.41) is 5.93. The van der Waals surface area contributed by atoms with Crippen LogP contribution < -0.4 is 15.4 Å². The number of hydrogen-bond donors (Lipinski definition) is 3. The lowest BCUT2D eigenvalue weighted by atomic mass is 10.2. The number of benzene rings is 2. The Balaban J connectivity index is 1.73. The van der Waals surface area contributed by atoms with Gasteiger partial charge < -0.3 is 20.4 Å². The third kappa shape index (κ3) is 4.01. The van der Waals surface area contributed by atoms with Crippen molar-refractivity contribution >= 4 is 34.8 Å². The molecule has 1 heterocycles. The quantitative estimate of drug-likeness (QED) is 0.639. The molecule has 0 aliphatic carbocycles. The van der Waals surface area contributed by atoms with Crippen LogP contribution in [0.15, 0.2) is 54.9 Å². The standard InChI is InChI=1S/C18H15ClN4O3/c1-26-14-8-6-13(7-9-14)23-18(25)16-15(20-10-21-16)17(24)22-12-4-2-11(19)3-5-12/h2-10H,1H3,(H,20,21)(H,22,24)(H,23,25). The number of carbonyl (C=O) groups is 2. The summed E-state index contributed by atoms with van der Waals surface area (Å²) in [6.45, 7) is 0.